The highest BCUT2D eigenvalue weighted by Gasteiger charge is 2.26. The minimum absolute atomic E-state index is 0.463. The van der Waals surface area contributed by atoms with Gasteiger partial charge in [0.1, 0.15) is 0 Å². The molecule has 1 aliphatic heterocycles. The quantitative estimate of drug-likeness (QED) is 0.712. The monoisotopic (exact) mass is 337 g/mol. The van der Waals surface area contributed by atoms with Crippen LogP contribution in [0.3, 0.4) is 0 Å². The van der Waals surface area contributed by atoms with Crippen molar-refractivity contribution in [2.24, 2.45) is 0 Å². The van der Waals surface area contributed by atoms with Crippen molar-refractivity contribution >= 4 is 11.6 Å². The highest BCUT2D eigenvalue weighted by Crippen LogP contribution is 2.26. The van der Waals surface area contributed by atoms with Crippen molar-refractivity contribution in [2.45, 2.75) is 32.1 Å². The minimum atomic E-state index is 0.463. The molecule has 4 heteroatoms. The molecule has 1 unspecified atom stereocenters. The summed E-state index contributed by atoms with van der Waals surface area (Å²) in [5.41, 5.74) is 4.21. The van der Waals surface area contributed by atoms with E-state index < -0.39 is 0 Å². The molecule has 0 amide bonds. The molecule has 24 heavy (non-hydrogen) atoms. The summed E-state index contributed by atoms with van der Waals surface area (Å²) in [5.74, 6) is 0. The van der Waals surface area contributed by atoms with Crippen LogP contribution in [0.5, 0.6) is 0 Å². The lowest BCUT2D eigenvalue weighted by molar-refractivity contribution is 0.146. The van der Waals surface area contributed by atoms with Crippen LogP contribution in [0.1, 0.15) is 16.7 Å². The number of fused-ring (bicyclic) bond motifs is 1. The highest BCUT2D eigenvalue weighted by molar-refractivity contribution is 6.30. The first kappa shape index (κ1) is 15.4. The van der Waals surface area contributed by atoms with Crippen LogP contribution in [0.2, 0.25) is 5.02 Å². The number of aromatic nitrogens is 2. The summed E-state index contributed by atoms with van der Waals surface area (Å²) >= 11 is 6.02. The number of hydrogen-bond donors (Lipinski definition) is 0. The maximum atomic E-state index is 6.02. The Morgan fingerprint density at radius 2 is 1.83 bits per heavy atom. The van der Waals surface area contributed by atoms with Crippen LogP contribution in [-0.2, 0) is 26.1 Å². The molecular formula is C20H20ClN3. The second-order valence-corrected chi connectivity index (χ2v) is 6.85. The molecule has 0 fully saturated rings. The summed E-state index contributed by atoms with van der Waals surface area (Å²) in [6.07, 6.45) is 6.87. The maximum Gasteiger partial charge on any atom is 0.0946 e. The van der Waals surface area contributed by atoms with Crippen molar-refractivity contribution in [1.82, 2.24) is 14.5 Å². The standard InChI is InChI=1S/C20H20ClN3/c21-19-7-5-16(6-8-19)12-24-13-18-4-2-1-3-17(18)11-20(24)14-23-10-9-22-15-23/h1-10,15,20H,11-14H2. The Morgan fingerprint density at radius 3 is 2.58 bits per heavy atom. The van der Waals surface area contributed by atoms with Crippen LogP contribution in [0.25, 0.3) is 0 Å². The van der Waals surface area contributed by atoms with Crippen LogP contribution in [0, 0.1) is 0 Å². The molecule has 0 bridgehead atoms. The zero-order chi connectivity index (χ0) is 16.4. The van der Waals surface area contributed by atoms with Crippen LogP contribution < -0.4 is 0 Å². The Hall–Kier alpha value is -2.10. The van der Waals surface area contributed by atoms with Crippen LogP contribution in [0.4, 0.5) is 0 Å². The summed E-state index contributed by atoms with van der Waals surface area (Å²) in [6.45, 7) is 2.88. The maximum absolute atomic E-state index is 6.02. The van der Waals surface area contributed by atoms with Gasteiger partial charge in [0.2, 0.25) is 0 Å². The molecule has 1 aliphatic rings. The molecule has 2 aromatic carbocycles. The van der Waals surface area contributed by atoms with E-state index in [4.69, 9.17) is 11.6 Å². The fourth-order valence-electron chi connectivity index (χ4n) is 3.47. The van der Waals surface area contributed by atoms with Gasteiger partial charge in [-0.2, -0.15) is 0 Å². The normalized spacial score (nSPS) is 17.6. The SMILES string of the molecule is Clc1ccc(CN2Cc3ccccc3CC2Cn2ccnc2)cc1. The van der Waals surface area contributed by atoms with E-state index in [0.29, 0.717) is 6.04 Å². The number of halogens is 1. The van der Waals surface area contributed by atoms with E-state index in [0.717, 1.165) is 31.1 Å². The third-order valence-electron chi connectivity index (χ3n) is 4.74. The third-order valence-corrected chi connectivity index (χ3v) is 5.00. The highest BCUT2D eigenvalue weighted by atomic mass is 35.5. The predicted octanol–water partition coefficient (Wildman–Crippen LogP) is 4.16. The second-order valence-electron chi connectivity index (χ2n) is 6.42. The summed E-state index contributed by atoms with van der Waals surface area (Å²) in [6, 6.07) is 17.4. The van der Waals surface area contributed by atoms with Crippen LogP contribution in [-0.4, -0.2) is 20.5 Å². The summed E-state index contributed by atoms with van der Waals surface area (Å²) < 4.78 is 2.17. The average molecular weight is 338 g/mol. The van der Waals surface area contributed by atoms with Crippen molar-refractivity contribution in [1.29, 1.82) is 0 Å². The average Bonchev–Trinajstić information content (AvgIpc) is 3.10. The van der Waals surface area contributed by atoms with E-state index in [1.165, 1.54) is 16.7 Å². The van der Waals surface area contributed by atoms with Gasteiger partial charge in [0, 0.05) is 43.1 Å². The first-order valence-electron chi connectivity index (χ1n) is 8.29. The van der Waals surface area contributed by atoms with E-state index in [9.17, 15) is 0 Å². The molecule has 3 aromatic rings. The van der Waals surface area contributed by atoms with E-state index in [1.807, 2.05) is 30.9 Å². The Labute approximate surface area is 147 Å². The summed E-state index contributed by atoms with van der Waals surface area (Å²) in [7, 11) is 0. The van der Waals surface area contributed by atoms with Gasteiger partial charge in [0.05, 0.1) is 6.33 Å². The zero-order valence-electron chi connectivity index (χ0n) is 13.5. The molecule has 3 nitrogen and oxygen atoms in total. The van der Waals surface area contributed by atoms with Gasteiger partial charge in [-0.15, -0.1) is 0 Å². The topological polar surface area (TPSA) is 21.1 Å². The number of rotatable bonds is 4. The zero-order valence-corrected chi connectivity index (χ0v) is 14.2. The van der Waals surface area contributed by atoms with Crippen molar-refractivity contribution in [3.05, 3.63) is 89.0 Å². The van der Waals surface area contributed by atoms with Crippen molar-refractivity contribution < 1.29 is 0 Å². The van der Waals surface area contributed by atoms with Gasteiger partial charge in [-0.05, 0) is 35.2 Å². The van der Waals surface area contributed by atoms with E-state index >= 15 is 0 Å². The minimum Gasteiger partial charge on any atom is -0.336 e. The first-order chi connectivity index (χ1) is 11.8. The molecule has 0 spiro atoms. The van der Waals surface area contributed by atoms with Gasteiger partial charge in [-0.1, -0.05) is 48.0 Å². The van der Waals surface area contributed by atoms with Crippen LogP contribution >= 0.6 is 11.6 Å². The lowest BCUT2D eigenvalue weighted by atomic mass is 9.93. The second kappa shape index (κ2) is 6.80. The van der Waals surface area contributed by atoms with Crippen LogP contribution in [0.15, 0.2) is 67.3 Å². The number of hydrogen-bond acceptors (Lipinski definition) is 2. The van der Waals surface area contributed by atoms with Crippen molar-refractivity contribution in [2.75, 3.05) is 0 Å². The Morgan fingerprint density at radius 1 is 1.04 bits per heavy atom. The Kier molecular flexibility index (Phi) is 4.37. The largest absolute Gasteiger partial charge is 0.336 e. The third kappa shape index (κ3) is 3.37. The van der Waals surface area contributed by atoms with Gasteiger partial charge >= 0.3 is 0 Å². The van der Waals surface area contributed by atoms with Gasteiger partial charge in [-0.25, -0.2) is 4.98 Å². The van der Waals surface area contributed by atoms with Gasteiger partial charge in [-0.3, -0.25) is 4.90 Å². The number of nitrogens with zero attached hydrogens (tertiary/aromatic N) is 3. The van der Waals surface area contributed by atoms with E-state index in [-0.39, 0.29) is 0 Å². The van der Waals surface area contributed by atoms with Crippen molar-refractivity contribution in [3.8, 4) is 0 Å². The molecule has 1 atom stereocenters. The lowest BCUT2D eigenvalue weighted by Crippen LogP contribution is -2.42. The Balaban J connectivity index is 1.59. The van der Waals surface area contributed by atoms with Gasteiger partial charge in [0.25, 0.3) is 0 Å². The Bertz CT molecular complexity index is 796. The molecular weight excluding hydrogens is 318 g/mol. The molecule has 1 aromatic heterocycles. The molecule has 0 radical (unpaired) electrons. The molecule has 0 saturated carbocycles. The molecule has 2 heterocycles. The smallest absolute Gasteiger partial charge is 0.0946 e. The first-order valence-corrected chi connectivity index (χ1v) is 8.67. The molecule has 0 saturated heterocycles. The van der Waals surface area contributed by atoms with Crippen molar-refractivity contribution in [3.63, 3.8) is 0 Å². The summed E-state index contributed by atoms with van der Waals surface area (Å²) in [4.78, 5) is 6.74. The molecule has 0 aliphatic carbocycles. The lowest BCUT2D eigenvalue weighted by Gasteiger charge is -2.37. The summed E-state index contributed by atoms with van der Waals surface area (Å²) in [5, 5.41) is 0.790. The number of benzene rings is 2. The van der Waals surface area contributed by atoms with Gasteiger partial charge in [0.15, 0.2) is 0 Å². The van der Waals surface area contributed by atoms with E-state index in [2.05, 4.69) is 50.8 Å². The fourth-order valence-corrected chi connectivity index (χ4v) is 3.60. The number of imidazole rings is 1. The van der Waals surface area contributed by atoms with E-state index in [1.54, 1.807) is 0 Å². The predicted molar refractivity (Wildman–Crippen MR) is 96.9 cm³/mol. The molecule has 0 N–H and O–H groups in total. The van der Waals surface area contributed by atoms with Gasteiger partial charge < -0.3 is 4.57 Å². The fraction of sp³-hybridized carbons (Fsp3) is 0.250. The molecule has 4 rings (SSSR count). The molecule has 122 valence electrons.